The van der Waals surface area contributed by atoms with Gasteiger partial charge in [-0.3, -0.25) is 14.4 Å². The normalized spacial score (nSPS) is 15.6. The molecule has 6 atom stereocenters. The Labute approximate surface area is 227 Å². The molecule has 39 heavy (non-hydrogen) atoms. The molecule has 0 saturated heterocycles. The van der Waals surface area contributed by atoms with Crippen LogP contribution in [-0.2, 0) is 32.0 Å². The van der Waals surface area contributed by atoms with Gasteiger partial charge in [-0.1, -0.05) is 62.7 Å². The SMILES string of the molecule is CCC(C)C(NC(=O)C(NC(=O)C(Cc1ccc(O)cc1)NC(=O)C(N)Cc1ccccc1)C(C)O)C(=O)O. The highest BCUT2D eigenvalue weighted by molar-refractivity contribution is 5.94. The highest BCUT2D eigenvalue weighted by Gasteiger charge is 2.34. The second-order valence-electron chi connectivity index (χ2n) is 9.66. The number of aliphatic carboxylic acids is 1. The summed E-state index contributed by atoms with van der Waals surface area (Å²) in [5, 5.41) is 36.8. The molecule has 2 aromatic carbocycles. The van der Waals surface area contributed by atoms with Crippen molar-refractivity contribution < 1.29 is 34.5 Å². The number of aliphatic hydroxyl groups is 1. The van der Waals surface area contributed by atoms with E-state index < -0.39 is 59.9 Å². The molecule has 2 rings (SSSR count). The summed E-state index contributed by atoms with van der Waals surface area (Å²) in [6, 6.07) is 10.3. The lowest BCUT2D eigenvalue weighted by molar-refractivity contribution is -0.144. The number of carbonyl (C=O) groups is 4. The first-order valence-corrected chi connectivity index (χ1v) is 12.8. The minimum Gasteiger partial charge on any atom is -0.508 e. The highest BCUT2D eigenvalue weighted by atomic mass is 16.4. The average molecular weight is 543 g/mol. The van der Waals surface area contributed by atoms with Crippen LogP contribution in [0.25, 0.3) is 0 Å². The van der Waals surface area contributed by atoms with Crippen LogP contribution in [0.2, 0.25) is 0 Å². The van der Waals surface area contributed by atoms with Gasteiger partial charge in [0.25, 0.3) is 0 Å². The first kappa shape index (κ1) is 31.3. The molecule has 0 aliphatic carbocycles. The van der Waals surface area contributed by atoms with Crippen molar-refractivity contribution in [2.45, 2.75) is 70.3 Å². The fraction of sp³-hybridized carbons (Fsp3) is 0.429. The van der Waals surface area contributed by atoms with Crippen molar-refractivity contribution in [2.75, 3.05) is 0 Å². The van der Waals surface area contributed by atoms with Gasteiger partial charge in [-0.05, 0) is 42.5 Å². The Morgan fingerprint density at radius 2 is 1.36 bits per heavy atom. The van der Waals surface area contributed by atoms with Crippen molar-refractivity contribution in [3.8, 4) is 5.75 Å². The predicted octanol–water partition coefficient (Wildman–Crippen LogP) is 0.471. The zero-order valence-electron chi connectivity index (χ0n) is 22.3. The number of carboxylic acid groups (broad SMARTS) is 1. The number of hydrogen-bond acceptors (Lipinski definition) is 7. The first-order valence-electron chi connectivity index (χ1n) is 12.8. The summed E-state index contributed by atoms with van der Waals surface area (Å²) in [7, 11) is 0. The Morgan fingerprint density at radius 3 is 1.90 bits per heavy atom. The number of carbonyl (C=O) groups excluding carboxylic acids is 3. The van der Waals surface area contributed by atoms with Crippen molar-refractivity contribution in [1.82, 2.24) is 16.0 Å². The van der Waals surface area contributed by atoms with Crippen LogP contribution in [0, 0.1) is 5.92 Å². The van der Waals surface area contributed by atoms with E-state index in [9.17, 15) is 34.5 Å². The Hall–Kier alpha value is -3.96. The lowest BCUT2D eigenvalue weighted by Crippen LogP contribution is -2.60. The number of amides is 3. The maximum absolute atomic E-state index is 13.3. The van der Waals surface area contributed by atoms with Crippen LogP contribution in [0.3, 0.4) is 0 Å². The van der Waals surface area contributed by atoms with Crippen LogP contribution >= 0.6 is 0 Å². The van der Waals surface area contributed by atoms with Gasteiger partial charge in [-0.15, -0.1) is 0 Å². The predicted molar refractivity (Wildman–Crippen MR) is 144 cm³/mol. The van der Waals surface area contributed by atoms with Crippen molar-refractivity contribution >= 4 is 23.7 Å². The zero-order valence-corrected chi connectivity index (χ0v) is 22.3. The summed E-state index contributed by atoms with van der Waals surface area (Å²) in [5.74, 6) is -3.86. The fourth-order valence-corrected chi connectivity index (χ4v) is 3.90. The lowest BCUT2D eigenvalue weighted by atomic mass is 9.98. The van der Waals surface area contributed by atoms with E-state index in [0.717, 1.165) is 5.56 Å². The van der Waals surface area contributed by atoms with E-state index >= 15 is 0 Å². The molecule has 0 radical (unpaired) electrons. The average Bonchev–Trinajstić information content (AvgIpc) is 2.90. The third-order valence-corrected chi connectivity index (χ3v) is 6.48. The van der Waals surface area contributed by atoms with E-state index in [-0.39, 0.29) is 18.6 Å². The molecule has 2 aromatic rings. The second kappa shape index (κ2) is 14.8. The summed E-state index contributed by atoms with van der Waals surface area (Å²) in [5.41, 5.74) is 7.53. The quantitative estimate of drug-likeness (QED) is 0.179. The molecule has 3 amide bonds. The molecule has 0 bridgehead atoms. The van der Waals surface area contributed by atoms with Gasteiger partial charge < -0.3 is 37.0 Å². The number of hydrogen-bond donors (Lipinski definition) is 7. The molecule has 0 fully saturated rings. The fourth-order valence-electron chi connectivity index (χ4n) is 3.90. The smallest absolute Gasteiger partial charge is 0.326 e. The largest absolute Gasteiger partial charge is 0.508 e. The first-order chi connectivity index (χ1) is 18.4. The highest BCUT2D eigenvalue weighted by Crippen LogP contribution is 2.13. The van der Waals surface area contributed by atoms with Crippen molar-refractivity contribution in [3.63, 3.8) is 0 Å². The van der Waals surface area contributed by atoms with Gasteiger partial charge in [-0.2, -0.15) is 0 Å². The van der Waals surface area contributed by atoms with Crippen LogP contribution in [0.1, 0.15) is 38.3 Å². The molecule has 11 heteroatoms. The number of aliphatic hydroxyl groups excluding tert-OH is 1. The second-order valence-corrected chi connectivity index (χ2v) is 9.66. The molecule has 212 valence electrons. The van der Waals surface area contributed by atoms with Crippen molar-refractivity contribution in [2.24, 2.45) is 11.7 Å². The maximum atomic E-state index is 13.3. The number of carboxylic acids is 1. The Bertz CT molecular complexity index is 1110. The number of aromatic hydroxyl groups is 1. The topological polar surface area (TPSA) is 191 Å². The van der Waals surface area contributed by atoms with Gasteiger partial charge >= 0.3 is 5.97 Å². The lowest BCUT2D eigenvalue weighted by Gasteiger charge is -2.28. The molecule has 0 aliphatic heterocycles. The van der Waals surface area contributed by atoms with Crippen molar-refractivity contribution in [1.29, 1.82) is 0 Å². The van der Waals surface area contributed by atoms with E-state index in [0.29, 0.717) is 12.0 Å². The third kappa shape index (κ3) is 9.69. The number of rotatable bonds is 14. The Morgan fingerprint density at radius 1 is 0.795 bits per heavy atom. The van der Waals surface area contributed by atoms with Crippen LogP contribution in [-0.4, -0.2) is 69.3 Å². The Balaban J connectivity index is 2.22. The number of phenols is 1. The van der Waals surface area contributed by atoms with Crippen LogP contribution in [0.4, 0.5) is 0 Å². The minimum atomic E-state index is -1.49. The molecule has 0 aromatic heterocycles. The van der Waals surface area contributed by atoms with E-state index in [1.165, 1.54) is 19.1 Å². The molecule has 8 N–H and O–H groups in total. The van der Waals surface area contributed by atoms with Gasteiger partial charge in [0, 0.05) is 6.42 Å². The summed E-state index contributed by atoms with van der Waals surface area (Å²) >= 11 is 0. The molecular weight excluding hydrogens is 504 g/mol. The van der Waals surface area contributed by atoms with Gasteiger partial charge in [0.2, 0.25) is 17.7 Å². The van der Waals surface area contributed by atoms with Gasteiger partial charge in [0.1, 0.15) is 23.9 Å². The summed E-state index contributed by atoms with van der Waals surface area (Å²) in [6.45, 7) is 4.73. The number of phenolic OH excluding ortho intramolecular Hbond substituents is 1. The summed E-state index contributed by atoms with van der Waals surface area (Å²) in [4.78, 5) is 50.9. The van der Waals surface area contributed by atoms with Crippen LogP contribution in [0.15, 0.2) is 54.6 Å². The monoisotopic (exact) mass is 542 g/mol. The molecule has 0 spiro atoms. The van der Waals surface area contributed by atoms with Gasteiger partial charge in [0.15, 0.2) is 0 Å². The van der Waals surface area contributed by atoms with E-state index in [2.05, 4.69) is 16.0 Å². The minimum absolute atomic E-state index is 0.00528. The van der Waals surface area contributed by atoms with Gasteiger partial charge in [0.05, 0.1) is 12.1 Å². The van der Waals surface area contributed by atoms with Crippen LogP contribution in [0.5, 0.6) is 5.75 Å². The van der Waals surface area contributed by atoms with E-state index in [4.69, 9.17) is 5.73 Å². The summed E-state index contributed by atoms with van der Waals surface area (Å²) < 4.78 is 0. The van der Waals surface area contributed by atoms with Crippen LogP contribution < -0.4 is 21.7 Å². The summed E-state index contributed by atoms with van der Waals surface area (Å²) in [6.07, 6.45) is -0.669. The van der Waals surface area contributed by atoms with E-state index in [1.807, 2.05) is 30.3 Å². The zero-order chi connectivity index (χ0) is 29.1. The van der Waals surface area contributed by atoms with E-state index in [1.54, 1.807) is 26.0 Å². The van der Waals surface area contributed by atoms with Gasteiger partial charge in [-0.25, -0.2) is 4.79 Å². The molecule has 6 unspecified atom stereocenters. The molecule has 0 saturated carbocycles. The number of benzene rings is 2. The number of nitrogens with one attached hydrogen (secondary N) is 3. The Kier molecular flexibility index (Phi) is 11.9. The molecular formula is C28H38N4O7. The van der Waals surface area contributed by atoms with Crippen molar-refractivity contribution in [3.05, 3.63) is 65.7 Å². The number of nitrogens with two attached hydrogens (primary N) is 1. The molecule has 0 aliphatic rings. The standard InChI is InChI=1S/C28H38N4O7/c1-4-16(2)23(28(38)39)31-27(37)24(17(3)33)32-26(36)22(15-19-10-12-20(34)13-11-19)30-25(35)21(29)14-18-8-6-5-7-9-18/h5-13,16-17,21-24,33-34H,4,14-15,29H2,1-3H3,(H,30,35)(H,31,37)(H,32,36)(H,38,39). The maximum Gasteiger partial charge on any atom is 0.326 e. The molecule has 0 heterocycles. The molecule has 11 nitrogen and oxygen atoms in total. The third-order valence-electron chi connectivity index (χ3n) is 6.48.